The Morgan fingerprint density at radius 3 is 1.74 bits per heavy atom. The fraction of sp³-hybridized carbons (Fsp3) is 0.833. The highest BCUT2D eigenvalue weighted by atomic mass is 33.1. The van der Waals surface area contributed by atoms with Crippen LogP contribution in [-0.4, -0.2) is 133 Å². The number of nitrogens with one attached hydrogen (secondary N) is 1. The largest absolute Gasteiger partial charge is 0.379 e. The quantitative estimate of drug-likeness (QED) is 0.0307. The highest BCUT2D eigenvalue weighted by Crippen LogP contribution is 2.21. The summed E-state index contributed by atoms with van der Waals surface area (Å²) in [5.74, 6) is -0.609. The van der Waals surface area contributed by atoms with Gasteiger partial charge in [0.1, 0.15) is 0 Å². The Balaban J connectivity index is 1.74. The number of hydroxylamine groups is 2. The van der Waals surface area contributed by atoms with E-state index < -0.39 is 17.8 Å². The van der Waals surface area contributed by atoms with Gasteiger partial charge in [-0.25, -0.2) is 4.79 Å². The molecule has 16 nitrogen and oxygen atoms in total. The van der Waals surface area contributed by atoms with Gasteiger partial charge in [0.2, 0.25) is 5.91 Å². The molecule has 1 N–H and O–H groups in total. The van der Waals surface area contributed by atoms with E-state index in [0.717, 1.165) is 0 Å². The summed E-state index contributed by atoms with van der Waals surface area (Å²) in [5, 5.41) is 6.70. The predicted molar refractivity (Wildman–Crippen MR) is 153 cm³/mol. The van der Waals surface area contributed by atoms with Crippen LogP contribution in [0, 0.1) is 0 Å². The third-order valence-corrected chi connectivity index (χ3v) is 7.32. The molecule has 3 amide bonds. The van der Waals surface area contributed by atoms with Gasteiger partial charge in [-0.2, -0.15) is 0 Å². The Bertz CT molecular complexity index is 806. The summed E-state index contributed by atoms with van der Waals surface area (Å²) in [5.41, 5.74) is 8.12. The van der Waals surface area contributed by atoms with Gasteiger partial charge in [0.25, 0.3) is 11.8 Å². The van der Waals surface area contributed by atoms with Crippen LogP contribution in [0.4, 0.5) is 0 Å². The van der Waals surface area contributed by atoms with Gasteiger partial charge in [0, 0.05) is 48.8 Å². The minimum atomic E-state index is -0.626. The third-order valence-electron chi connectivity index (χ3n) is 4.91. The lowest BCUT2D eigenvalue weighted by Crippen LogP contribution is -2.32. The molecule has 0 aliphatic carbocycles. The smallest absolute Gasteiger partial charge is 0.334 e. The maximum atomic E-state index is 11.8. The molecule has 0 unspecified atom stereocenters. The second-order valence-corrected chi connectivity index (χ2v) is 10.9. The normalized spacial score (nSPS) is 12.9. The maximum Gasteiger partial charge on any atom is 0.334 e. The standard InChI is InChI=1S/C24H41N5O11S2/c25-28-27-5-8-35-10-12-37-14-16-39-18-17-38-15-13-36-11-9-34-7-3-21(30)26-6-20-42-41-19-4-24(33)40-29-22(31)1-2-23(29)32/h1-20H2,(H,26,30). The monoisotopic (exact) mass is 639 g/mol. The van der Waals surface area contributed by atoms with Crippen LogP contribution in [0.3, 0.4) is 0 Å². The number of azide groups is 1. The van der Waals surface area contributed by atoms with E-state index in [2.05, 4.69) is 15.3 Å². The summed E-state index contributed by atoms with van der Waals surface area (Å²) in [6.45, 7) is 5.84. The molecular weight excluding hydrogens is 598 g/mol. The zero-order chi connectivity index (χ0) is 30.5. The lowest BCUT2D eigenvalue weighted by Gasteiger charge is -2.12. The average Bonchev–Trinajstić information content (AvgIpc) is 3.29. The molecule has 1 heterocycles. The fourth-order valence-electron chi connectivity index (χ4n) is 2.89. The number of imide groups is 1. The highest BCUT2D eigenvalue weighted by Gasteiger charge is 2.32. The van der Waals surface area contributed by atoms with Crippen molar-refractivity contribution in [3.05, 3.63) is 10.4 Å². The van der Waals surface area contributed by atoms with E-state index in [9.17, 15) is 19.2 Å². The average molecular weight is 640 g/mol. The summed E-state index contributed by atoms with van der Waals surface area (Å²) in [7, 11) is 2.94. The number of hydrogen-bond acceptors (Lipinski definition) is 14. The molecule has 0 spiro atoms. The van der Waals surface area contributed by atoms with Crippen LogP contribution in [0.2, 0.25) is 0 Å². The summed E-state index contributed by atoms with van der Waals surface area (Å²) < 4.78 is 32.1. The number of carbonyl (C=O) groups excluding carboxylic acids is 4. The molecule has 1 saturated heterocycles. The van der Waals surface area contributed by atoms with E-state index in [0.29, 0.717) is 109 Å². The van der Waals surface area contributed by atoms with E-state index in [4.69, 9.17) is 38.8 Å². The molecule has 1 aliphatic heterocycles. The predicted octanol–water partition coefficient (Wildman–Crippen LogP) is 1.28. The lowest BCUT2D eigenvalue weighted by atomic mass is 10.4. The summed E-state index contributed by atoms with van der Waals surface area (Å²) >= 11 is 0. The van der Waals surface area contributed by atoms with Crippen LogP contribution in [0.1, 0.15) is 25.7 Å². The topological polar surface area (TPSA) is 197 Å². The van der Waals surface area contributed by atoms with Crippen LogP contribution < -0.4 is 5.32 Å². The fourth-order valence-corrected chi connectivity index (χ4v) is 4.76. The van der Waals surface area contributed by atoms with Crippen LogP contribution >= 0.6 is 21.6 Å². The summed E-state index contributed by atoms with van der Waals surface area (Å²) in [6.07, 6.45) is 0.458. The first-order valence-electron chi connectivity index (χ1n) is 13.6. The van der Waals surface area contributed by atoms with Crippen molar-refractivity contribution >= 4 is 45.3 Å². The molecule has 0 radical (unpaired) electrons. The van der Waals surface area contributed by atoms with Crippen molar-refractivity contribution in [3.63, 3.8) is 0 Å². The van der Waals surface area contributed by atoms with Crippen LogP contribution in [0.25, 0.3) is 10.4 Å². The Morgan fingerprint density at radius 2 is 1.21 bits per heavy atom. The van der Waals surface area contributed by atoms with Gasteiger partial charge >= 0.3 is 5.97 Å². The number of ether oxygens (including phenoxy) is 6. The maximum absolute atomic E-state index is 11.8. The molecule has 0 aromatic carbocycles. The first-order chi connectivity index (χ1) is 20.5. The van der Waals surface area contributed by atoms with E-state index in [1.165, 1.54) is 21.6 Å². The van der Waals surface area contributed by atoms with E-state index in [1.54, 1.807) is 0 Å². The molecule has 0 saturated carbocycles. The van der Waals surface area contributed by atoms with Gasteiger partial charge in [0.05, 0.1) is 85.7 Å². The van der Waals surface area contributed by atoms with Crippen molar-refractivity contribution in [2.45, 2.75) is 25.7 Å². The summed E-state index contributed by atoms with van der Waals surface area (Å²) in [6, 6.07) is 0. The third kappa shape index (κ3) is 22.4. The SMILES string of the molecule is [N-]=[N+]=NCCOCCOCCOCCOCCOCCOCCC(=O)NCCSSCCC(=O)ON1C(=O)CCC1=O. The highest BCUT2D eigenvalue weighted by molar-refractivity contribution is 8.76. The number of nitrogens with zero attached hydrogens (tertiary/aromatic N) is 4. The first kappa shape index (κ1) is 37.9. The molecule has 0 atom stereocenters. The number of rotatable bonds is 29. The van der Waals surface area contributed by atoms with Crippen molar-refractivity contribution in [3.8, 4) is 0 Å². The molecule has 0 bridgehead atoms. The van der Waals surface area contributed by atoms with Crippen molar-refractivity contribution in [1.29, 1.82) is 0 Å². The molecule has 0 aromatic heterocycles. The van der Waals surface area contributed by atoms with Crippen LogP contribution in [0.5, 0.6) is 0 Å². The summed E-state index contributed by atoms with van der Waals surface area (Å²) in [4.78, 5) is 53.8. The molecule has 240 valence electrons. The molecule has 0 aromatic rings. The Kier molecular flexibility index (Phi) is 25.0. The molecule has 18 heteroatoms. The Labute approximate surface area is 253 Å². The minimum absolute atomic E-state index is 0.0683. The Morgan fingerprint density at radius 1 is 0.738 bits per heavy atom. The van der Waals surface area contributed by atoms with Crippen molar-refractivity contribution in [2.24, 2.45) is 5.11 Å². The lowest BCUT2D eigenvalue weighted by molar-refractivity contribution is -0.197. The van der Waals surface area contributed by atoms with E-state index >= 15 is 0 Å². The molecule has 42 heavy (non-hydrogen) atoms. The zero-order valence-corrected chi connectivity index (χ0v) is 25.4. The van der Waals surface area contributed by atoms with Gasteiger partial charge in [-0.15, -0.1) is 5.06 Å². The number of carbonyl (C=O) groups is 4. The van der Waals surface area contributed by atoms with Crippen molar-refractivity contribution < 1.29 is 52.4 Å². The Hall–Kier alpha value is -2.15. The van der Waals surface area contributed by atoms with Gasteiger partial charge in [-0.1, -0.05) is 26.7 Å². The second-order valence-electron chi connectivity index (χ2n) is 8.17. The molecule has 1 aliphatic rings. The van der Waals surface area contributed by atoms with Crippen LogP contribution in [-0.2, 0) is 52.4 Å². The molecule has 1 rings (SSSR count). The zero-order valence-electron chi connectivity index (χ0n) is 23.7. The second kappa shape index (κ2) is 27.7. The van der Waals surface area contributed by atoms with Crippen molar-refractivity contribution in [2.75, 3.05) is 104 Å². The van der Waals surface area contributed by atoms with Gasteiger partial charge in [-0.3, -0.25) is 14.4 Å². The first-order valence-corrected chi connectivity index (χ1v) is 16.1. The molecule has 1 fully saturated rings. The van der Waals surface area contributed by atoms with Crippen LogP contribution in [0.15, 0.2) is 5.11 Å². The number of amides is 3. The van der Waals surface area contributed by atoms with Gasteiger partial charge in [0.15, 0.2) is 0 Å². The van der Waals surface area contributed by atoms with E-state index in [1.807, 2.05) is 0 Å². The van der Waals surface area contributed by atoms with E-state index in [-0.39, 0.29) is 31.6 Å². The number of hydrogen-bond donors (Lipinski definition) is 1. The van der Waals surface area contributed by atoms with Gasteiger partial charge in [-0.05, 0) is 5.53 Å². The molecular formula is C24H41N5O11S2. The minimum Gasteiger partial charge on any atom is -0.379 e. The van der Waals surface area contributed by atoms with Gasteiger partial charge < -0.3 is 38.6 Å². The van der Waals surface area contributed by atoms with Crippen molar-refractivity contribution in [1.82, 2.24) is 10.4 Å².